The van der Waals surface area contributed by atoms with Crippen molar-refractivity contribution >= 4 is 17.7 Å². The molecule has 3 unspecified atom stereocenters. The number of hydrogen-bond acceptors (Lipinski definition) is 5. The largest absolute Gasteiger partial charge is 0.466 e. The van der Waals surface area contributed by atoms with E-state index in [0.29, 0.717) is 24.8 Å². The Morgan fingerprint density at radius 3 is 2.43 bits per heavy atom. The third-order valence-corrected chi connectivity index (χ3v) is 4.28. The van der Waals surface area contributed by atoms with Crippen LogP contribution in [0.5, 0.6) is 0 Å². The monoisotopic (exact) mass is 322 g/mol. The van der Waals surface area contributed by atoms with Crippen LogP contribution in [-0.4, -0.2) is 30.9 Å². The van der Waals surface area contributed by atoms with Gasteiger partial charge in [0.15, 0.2) is 0 Å². The SMILES string of the molecule is C=C(C(=O)OC)C1CCC(C)C(CCC(C)=O)=CC1OC(C)=O. The highest BCUT2D eigenvalue weighted by atomic mass is 16.5. The summed E-state index contributed by atoms with van der Waals surface area (Å²) in [5, 5.41) is 0. The van der Waals surface area contributed by atoms with Crippen LogP contribution in [0.15, 0.2) is 23.8 Å². The van der Waals surface area contributed by atoms with E-state index in [9.17, 15) is 14.4 Å². The molecule has 23 heavy (non-hydrogen) atoms. The van der Waals surface area contributed by atoms with Gasteiger partial charge in [-0.15, -0.1) is 0 Å². The van der Waals surface area contributed by atoms with Crippen LogP contribution in [0.1, 0.15) is 46.5 Å². The van der Waals surface area contributed by atoms with E-state index < -0.39 is 18.0 Å². The first kappa shape index (κ1) is 19.1. The molecule has 0 heterocycles. The highest BCUT2D eigenvalue weighted by molar-refractivity contribution is 5.88. The van der Waals surface area contributed by atoms with Crippen molar-refractivity contribution in [3.05, 3.63) is 23.8 Å². The summed E-state index contributed by atoms with van der Waals surface area (Å²) in [7, 11) is 1.31. The van der Waals surface area contributed by atoms with Gasteiger partial charge in [0.1, 0.15) is 11.9 Å². The molecule has 1 aliphatic rings. The van der Waals surface area contributed by atoms with Crippen LogP contribution in [-0.2, 0) is 23.9 Å². The Bertz CT molecular complexity index is 518. The maximum absolute atomic E-state index is 11.8. The van der Waals surface area contributed by atoms with Gasteiger partial charge in [-0.25, -0.2) is 4.79 Å². The summed E-state index contributed by atoms with van der Waals surface area (Å²) in [6.45, 7) is 8.81. The molecular formula is C18H26O5. The van der Waals surface area contributed by atoms with Crippen molar-refractivity contribution in [3.63, 3.8) is 0 Å². The number of esters is 2. The Balaban J connectivity index is 3.08. The van der Waals surface area contributed by atoms with E-state index in [2.05, 4.69) is 13.5 Å². The van der Waals surface area contributed by atoms with Gasteiger partial charge in [-0.3, -0.25) is 4.79 Å². The average Bonchev–Trinajstić information content (AvgIpc) is 2.62. The van der Waals surface area contributed by atoms with E-state index in [-0.39, 0.29) is 17.6 Å². The zero-order chi connectivity index (χ0) is 17.6. The molecule has 0 aromatic heterocycles. The van der Waals surface area contributed by atoms with Crippen molar-refractivity contribution in [2.24, 2.45) is 11.8 Å². The van der Waals surface area contributed by atoms with Crippen LogP contribution >= 0.6 is 0 Å². The fraction of sp³-hybridized carbons (Fsp3) is 0.611. The molecule has 0 N–H and O–H groups in total. The molecule has 128 valence electrons. The van der Waals surface area contributed by atoms with Gasteiger partial charge in [0.05, 0.1) is 7.11 Å². The van der Waals surface area contributed by atoms with Gasteiger partial charge in [0.2, 0.25) is 0 Å². The second kappa shape index (κ2) is 8.65. The second-order valence-electron chi connectivity index (χ2n) is 6.12. The van der Waals surface area contributed by atoms with Crippen molar-refractivity contribution < 1.29 is 23.9 Å². The normalized spacial score (nSPS) is 24.2. The minimum Gasteiger partial charge on any atom is -0.466 e. The highest BCUT2D eigenvalue weighted by Gasteiger charge is 2.32. The van der Waals surface area contributed by atoms with Crippen LogP contribution in [0.25, 0.3) is 0 Å². The Labute approximate surface area is 137 Å². The number of ketones is 1. The number of rotatable bonds is 6. The van der Waals surface area contributed by atoms with Crippen molar-refractivity contribution in [1.29, 1.82) is 0 Å². The zero-order valence-corrected chi connectivity index (χ0v) is 14.4. The molecule has 0 radical (unpaired) electrons. The first-order chi connectivity index (χ1) is 10.8. The molecular weight excluding hydrogens is 296 g/mol. The summed E-state index contributed by atoms with van der Waals surface area (Å²) in [5.41, 5.74) is 1.40. The van der Waals surface area contributed by atoms with E-state index in [4.69, 9.17) is 9.47 Å². The molecule has 0 bridgehead atoms. The van der Waals surface area contributed by atoms with Crippen LogP contribution in [0.4, 0.5) is 0 Å². The summed E-state index contributed by atoms with van der Waals surface area (Å²) in [5.74, 6) is -0.803. The minimum absolute atomic E-state index is 0.127. The van der Waals surface area contributed by atoms with E-state index in [1.165, 1.54) is 14.0 Å². The van der Waals surface area contributed by atoms with Gasteiger partial charge in [-0.1, -0.05) is 19.1 Å². The maximum Gasteiger partial charge on any atom is 0.333 e. The van der Waals surface area contributed by atoms with Gasteiger partial charge in [0.25, 0.3) is 0 Å². The molecule has 0 spiro atoms. The highest BCUT2D eigenvalue weighted by Crippen LogP contribution is 2.34. The summed E-state index contributed by atoms with van der Waals surface area (Å²) in [6, 6.07) is 0. The van der Waals surface area contributed by atoms with Crippen molar-refractivity contribution in [1.82, 2.24) is 0 Å². The molecule has 5 heteroatoms. The standard InChI is InChI=1S/C18H26O5/c1-11-6-9-16(13(3)18(21)22-5)17(23-14(4)20)10-15(11)8-7-12(2)19/h10-11,16-17H,3,6-9H2,1-2,4-5H3. The molecule has 0 saturated carbocycles. The Kier molecular flexibility index (Phi) is 7.20. The second-order valence-corrected chi connectivity index (χ2v) is 6.12. The topological polar surface area (TPSA) is 69.7 Å². The lowest BCUT2D eigenvalue weighted by molar-refractivity contribution is -0.147. The Hall–Kier alpha value is -1.91. The number of carbonyl (C=O) groups excluding carboxylic acids is 3. The lowest BCUT2D eigenvalue weighted by Gasteiger charge is -2.24. The predicted molar refractivity (Wildman–Crippen MR) is 86.6 cm³/mol. The lowest BCUT2D eigenvalue weighted by atomic mass is 9.89. The predicted octanol–water partition coefficient (Wildman–Crippen LogP) is 2.99. The van der Waals surface area contributed by atoms with Gasteiger partial charge < -0.3 is 14.3 Å². The van der Waals surface area contributed by atoms with Crippen molar-refractivity contribution in [3.8, 4) is 0 Å². The van der Waals surface area contributed by atoms with Crippen LogP contribution in [0, 0.1) is 11.8 Å². The number of allylic oxidation sites excluding steroid dienone is 1. The summed E-state index contributed by atoms with van der Waals surface area (Å²) in [6.07, 6.45) is 3.96. The quantitative estimate of drug-likeness (QED) is 0.427. The summed E-state index contributed by atoms with van der Waals surface area (Å²) < 4.78 is 10.2. The Morgan fingerprint density at radius 2 is 1.91 bits per heavy atom. The average molecular weight is 322 g/mol. The molecule has 0 saturated heterocycles. The number of methoxy groups -OCH3 is 1. The van der Waals surface area contributed by atoms with Gasteiger partial charge >= 0.3 is 11.9 Å². The number of hydrogen-bond donors (Lipinski definition) is 0. The minimum atomic E-state index is -0.550. The van der Waals surface area contributed by atoms with Crippen molar-refractivity contribution in [2.75, 3.05) is 7.11 Å². The molecule has 0 aromatic rings. The molecule has 0 aliphatic heterocycles. The summed E-state index contributed by atoms with van der Waals surface area (Å²) in [4.78, 5) is 34.5. The third kappa shape index (κ3) is 5.66. The van der Waals surface area contributed by atoms with E-state index in [0.717, 1.165) is 12.0 Å². The van der Waals surface area contributed by atoms with Crippen molar-refractivity contribution in [2.45, 2.75) is 52.6 Å². The third-order valence-electron chi connectivity index (χ3n) is 4.28. The molecule has 0 aromatic carbocycles. The number of Topliss-reactive ketones (excluding diaryl/α,β-unsaturated/α-hetero) is 1. The molecule has 0 fully saturated rings. The maximum atomic E-state index is 11.8. The van der Waals surface area contributed by atoms with Gasteiger partial charge in [-0.05, 0) is 38.2 Å². The first-order valence-corrected chi connectivity index (χ1v) is 7.90. The molecule has 1 rings (SSSR count). The first-order valence-electron chi connectivity index (χ1n) is 7.90. The zero-order valence-electron chi connectivity index (χ0n) is 14.4. The number of ether oxygens (including phenoxy) is 2. The van der Waals surface area contributed by atoms with Gasteiger partial charge in [-0.2, -0.15) is 0 Å². The molecule has 3 atom stereocenters. The van der Waals surface area contributed by atoms with Crippen LogP contribution in [0.2, 0.25) is 0 Å². The van der Waals surface area contributed by atoms with E-state index in [1.54, 1.807) is 6.92 Å². The Morgan fingerprint density at radius 1 is 1.26 bits per heavy atom. The van der Waals surface area contributed by atoms with Gasteiger partial charge in [0, 0.05) is 24.8 Å². The molecule has 5 nitrogen and oxygen atoms in total. The fourth-order valence-electron chi connectivity index (χ4n) is 2.88. The smallest absolute Gasteiger partial charge is 0.333 e. The fourth-order valence-corrected chi connectivity index (χ4v) is 2.88. The van der Waals surface area contributed by atoms with E-state index >= 15 is 0 Å². The van der Waals surface area contributed by atoms with Crippen LogP contribution < -0.4 is 0 Å². The number of carbonyl (C=O) groups is 3. The van der Waals surface area contributed by atoms with E-state index in [1.807, 2.05) is 6.08 Å². The summed E-state index contributed by atoms with van der Waals surface area (Å²) >= 11 is 0. The lowest BCUT2D eigenvalue weighted by Crippen LogP contribution is -2.28. The molecule has 1 aliphatic carbocycles. The van der Waals surface area contributed by atoms with Crippen LogP contribution in [0.3, 0.4) is 0 Å². The molecule has 0 amide bonds.